The standard InChI is InChI=1S/C18H27N3O4/c1-2-24-15-7-3-4-8-16(15)25-13-17(22)21-11-5-6-14(12-21)18(23)20-10-9-19/h3-4,7-8,14H,2,5-6,9-13,19H2,1H3,(H,20,23). The van der Waals surface area contributed by atoms with Crippen LogP contribution < -0.4 is 20.5 Å². The van der Waals surface area contributed by atoms with Crippen molar-refractivity contribution in [2.75, 3.05) is 39.4 Å². The summed E-state index contributed by atoms with van der Waals surface area (Å²) in [5, 5.41) is 2.79. The van der Waals surface area contributed by atoms with Crippen molar-refractivity contribution >= 4 is 11.8 Å². The van der Waals surface area contributed by atoms with Gasteiger partial charge in [0.15, 0.2) is 18.1 Å². The number of likely N-dealkylation sites (tertiary alicyclic amines) is 1. The number of hydrogen-bond donors (Lipinski definition) is 2. The van der Waals surface area contributed by atoms with Crippen LogP contribution in [0, 0.1) is 5.92 Å². The number of carbonyl (C=O) groups excluding carboxylic acids is 2. The Morgan fingerprint density at radius 2 is 2.00 bits per heavy atom. The Balaban J connectivity index is 1.87. The van der Waals surface area contributed by atoms with E-state index in [1.165, 1.54) is 0 Å². The number of piperidine rings is 1. The fraction of sp³-hybridized carbons (Fsp3) is 0.556. The highest BCUT2D eigenvalue weighted by Crippen LogP contribution is 2.26. The molecular formula is C18H27N3O4. The molecule has 0 radical (unpaired) electrons. The zero-order valence-corrected chi connectivity index (χ0v) is 14.7. The zero-order valence-electron chi connectivity index (χ0n) is 14.7. The van der Waals surface area contributed by atoms with E-state index >= 15 is 0 Å². The van der Waals surface area contributed by atoms with Gasteiger partial charge in [0.25, 0.3) is 5.91 Å². The molecule has 1 fully saturated rings. The Labute approximate surface area is 148 Å². The quantitative estimate of drug-likeness (QED) is 0.723. The minimum Gasteiger partial charge on any atom is -0.490 e. The van der Waals surface area contributed by atoms with Crippen molar-refractivity contribution in [1.82, 2.24) is 10.2 Å². The molecule has 3 N–H and O–H groups in total. The lowest BCUT2D eigenvalue weighted by atomic mass is 9.97. The topological polar surface area (TPSA) is 93.9 Å². The molecule has 7 nitrogen and oxygen atoms in total. The monoisotopic (exact) mass is 349 g/mol. The van der Waals surface area contributed by atoms with Gasteiger partial charge in [-0.15, -0.1) is 0 Å². The molecule has 1 aliphatic rings. The zero-order chi connectivity index (χ0) is 18.1. The number of hydrogen-bond acceptors (Lipinski definition) is 5. The molecule has 2 amide bonds. The first-order valence-corrected chi connectivity index (χ1v) is 8.75. The van der Waals surface area contributed by atoms with E-state index in [-0.39, 0.29) is 24.3 Å². The minimum atomic E-state index is -0.181. The van der Waals surface area contributed by atoms with Gasteiger partial charge in [0.05, 0.1) is 12.5 Å². The molecule has 1 atom stereocenters. The first-order chi connectivity index (χ1) is 12.2. The molecule has 0 saturated carbocycles. The van der Waals surface area contributed by atoms with Gasteiger partial charge in [-0.1, -0.05) is 12.1 Å². The fourth-order valence-electron chi connectivity index (χ4n) is 2.83. The molecule has 1 heterocycles. The van der Waals surface area contributed by atoms with Crippen molar-refractivity contribution in [3.8, 4) is 11.5 Å². The van der Waals surface area contributed by atoms with Crippen molar-refractivity contribution in [2.45, 2.75) is 19.8 Å². The minimum absolute atomic E-state index is 0.0365. The van der Waals surface area contributed by atoms with Gasteiger partial charge in [-0.2, -0.15) is 0 Å². The number of rotatable bonds is 8. The Bertz CT molecular complexity index is 579. The van der Waals surface area contributed by atoms with Crippen molar-refractivity contribution in [1.29, 1.82) is 0 Å². The average Bonchev–Trinajstić information content (AvgIpc) is 2.65. The summed E-state index contributed by atoms with van der Waals surface area (Å²) in [7, 11) is 0. The van der Waals surface area contributed by atoms with E-state index in [4.69, 9.17) is 15.2 Å². The summed E-state index contributed by atoms with van der Waals surface area (Å²) >= 11 is 0. The Morgan fingerprint density at radius 3 is 2.68 bits per heavy atom. The van der Waals surface area contributed by atoms with Crippen LogP contribution >= 0.6 is 0 Å². The Hall–Kier alpha value is -2.28. The SMILES string of the molecule is CCOc1ccccc1OCC(=O)N1CCCC(C(=O)NCCN)C1. The fourth-order valence-corrected chi connectivity index (χ4v) is 2.83. The molecular weight excluding hydrogens is 322 g/mol. The highest BCUT2D eigenvalue weighted by atomic mass is 16.5. The second kappa shape index (κ2) is 9.88. The maximum atomic E-state index is 12.4. The third kappa shape index (κ3) is 5.63. The third-order valence-corrected chi connectivity index (χ3v) is 4.09. The number of nitrogens with zero attached hydrogens (tertiary/aromatic N) is 1. The lowest BCUT2D eigenvalue weighted by molar-refractivity contribution is -0.137. The molecule has 0 spiro atoms. The lowest BCUT2D eigenvalue weighted by Crippen LogP contribution is -2.47. The number of amides is 2. The molecule has 1 unspecified atom stereocenters. The normalized spacial score (nSPS) is 17.0. The van der Waals surface area contributed by atoms with Crippen LogP contribution in [0.4, 0.5) is 0 Å². The molecule has 1 aliphatic heterocycles. The largest absolute Gasteiger partial charge is 0.490 e. The van der Waals surface area contributed by atoms with E-state index in [0.717, 1.165) is 12.8 Å². The molecule has 1 aromatic rings. The van der Waals surface area contributed by atoms with E-state index in [9.17, 15) is 9.59 Å². The summed E-state index contributed by atoms with van der Waals surface area (Å²) in [6.45, 7) is 4.29. The van der Waals surface area contributed by atoms with Crippen molar-refractivity contribution in [3.05, 3.63) is 24.3 Å². The highest BCUT2D eigenvalue weighted by Gasteiger charge is 2.28. The smallest absolute Gasteiger partial charge is 0.260 e. The van der Waals surface area contributed by atoms with Crippen LogP contribution in [0.1, 0.15) is 19.8 Å². The van der Waals surface area contributed by atoms with Gasteiger partial charge in [0.2, 0.25) is 5.91 Å². The van der Waals surface area contributed by atoms with Gasteiger partial charge in [-0.25, -0.2) is 0 Å². The Kier molecular flexibility index (Phi) is 7.53. The number of nitrogens with one attached hydrogen (secondary N) is 1. The summed E-state index contributed by atoms with van der Waals surface area (Å²) in [5.74, 6) is 0.829. The van der Waals surface area contributed by atoms with E-state index in [0.29, 0.717) is 44.3 Å². The third-order valence-electron chi connectivity index (χ3n) is 4.09. The van der Waals surface area contributed by atoms with Gasteiger partial charge in [-0.05, 0) is 31.9 Å². The van der Waals surface area contributed by atoms with Gasteiger partial charge in [0, 0.05) is 26.2 Å². The van der Waals surface area contributed by atoms with Gasteiger partial charge < -0.3 is 25.4 Å². The van der Waals surface area contributed by atoms with Crippen LogP contribution in [-0.4, -0.2) is 56.1 Å². The predicted molar refractivity (Wildman–Crippen MR) is 94.5 cm³/mol. The second-order valence-electron chi connectivity index (χ2n) is 5.93. The number of carbonyl (C=O) groups is 2. The van der Waals surface area contributed by atoms with E-state index in [1.54, 1.807) is 11.0 Å². The van der Waals surface area contributed by atoms with Crippen LogP contribution in [0.3, 0.4) is 0 Å². The van der Waals surface area contributed by atoms with Crippen molar-refractivity contribution in [2.24, 2.45) is 11.7 Å². The van der Waals surface area contributed by atoms with E-state index < -0.39 is 0 Å². The molecule has 138 valence electrons. The number of nitrogens with two attached hydrogens (primary N) is 1. The molecule has 0 aliphatic carbocycles. The maximum absolute atomic E-state index is 12.4. The number of benzene rings is 1. The summed E-state index contributed by atoms with van der Waals surface area (Å²) in [5.41, 5.74) is 5.40. The maximum Gasteiger partial charge on any atom is 0.260 e. The van der Waals surface area contributed by atoms with Crippen LogP contribution in [0.2, 0.25) is 0 Å². The van der Waals surface area contributed by atoms with E-state index in [2.05, 4.69) is 5.32 Å². The summed E-state index contributed by atoms with van der Waals surface area (Å²) in [4.78, 5) is 26.2. The van der Waals surface area contributed by atoms with Gasteiger partial charge >= 0.3 is 0 Å². The first kappa shape index (κ1) is 19.1. The summed E-state index contributed by atoms with van der Waals surface area (Å²) in [6.07, 6.45) is 1.59. The molecule has 7 heteroatoms. The van der Waals surface area contributed by atoms with Crippen LogP contribution in [-0.2, 0) is 9.59 Å². The van der Waals surface area contributed by atoms with Gasteiger partial charge in [-0.3, -0.25) is 9.59 Å². The highest BCUT2D eigenvalue weighted by molar-refractivity contribution is 5.82. The number of para-hydroxylation sites is 2. The molecule has 0 bridgehead atoms. The number of ether oxygens (including phenoxy) is 2. The summed E-state index contributed by atoms with van der Waals surface area (Å²) < 4.78 is 11.1. The van der Waals surface area contributed by atoms with Crippen molar-refractivity contribution in [3.63, 3.8) is 0 Å². The van der Waals surface area contributed by atoms with Crippen LogP contribution in [0.15, 0.2) is 24.3 Å². The average molecular weight is 349 g/mol. The lowest BCUT2D eigenvalue weighted by Gasteiger charge is -2.32. The Morgan fingerprint density at radius 1 is 1.28 bits per heavy atom. The van der Waals surface area contributed by atoms with Crippen LogP contribution in [0.5, 0.6) is 11.5 Å². The molecule has 1 aromatic carbocycles. The van der Waals surface area contributed by atoms with E-state index in [1.807, 2.05) is 25.1 Å². The molecule has 0 aromatic heterocycles. The molecule has 2 rings (SSSR count). The summed E-state index contributed by atoms with van der Waals surface area (Å²) in [6, 6.07) is 7.27. The second-order valence-corrected chi connectivity index (χ2v) is 5.93. The van der Waals surface area contributed by atoms with Gasteiger partial charge in [0.1, 0.15) is 0 Å². The molecule has 25 heavy (non-hydrogen) atoms. The van der Waals surface area contributed by atoms with Crippen LogP contribution in [0.25, 0.3) is 0 Å². The first-order valence-electron chi connectivity index (χ1n) is 8.75. The predicted octanol–water partition coefficient (Wildman–Crippen LogP) is 0.778. The van der Waals surface area contributed by atoms with Crippen molar-refractivity contribution < 1.29 is 19.1 Å². The molecule has 1 saturated heterocycles.